The van der Waals surface area contributed by atoms with Gasteiger partial charge in [0.05, 0.1) is 29.8 Å². The molecule has 0 saturated heterocycles. The molecule has 2 N–H and O–H groups in total. The van der Waals surface area contributed by atoms with Crippen molar-refractivity contribution in [3.05, 3.63) is 54.4 Å². The Morgan fingerprint density at radius 1 is 1.00 bits per heavy atom. The van der Waals surface area contributed by atoms with E-state index in [0.717, 1.165) is 24.3 Å². The van der Waals surface area contributed by atoms with Gasteiger partial charge in [-0.15, -0.1) is 11.3 Å². The first-order chi connectivity index (χ1) is 18.0. The molecular weight excluding hydrogens is 514 g/mol. The van der Waals surface area contributed by atoms with E-state index in [0.29, 0.717) is 10.6 Å². The fraction of sp³-hybridized carbons (Fsp3) is 0.346. The van der Waals surface area contributed by atoms with Gasteiger partial charge in [0.1, 0.15) is 11.4 Å². The van der Waals surface area contributed by atoms with Crippen molar-refractivity contribution in [1.82, 2.24) is 10.3 Å². The van der Waals surface area contributed by atoms with Crippen molar-refractivity contribution < 1.29 is 38.1 Å². The SMILES string of the molecule is COC(=O)C(Oc1ccc(C(CNC(=O)OC(C)(C)C)C(=O)Nc2cc3ccncc3s2)cc1)C(=O)OC. The molecule has 2 aromatic heterocycles. The van der Waals surface area contributed by atoms with E-state index in [2.05, 4.69) is 25.1 Å². The van der Waals surface area contributed by atoms with Crippen molar-refractivity contribution in [1.29, 1.82) is 0 Å². The molecule has 12 heteroatoms. The molecule has 3 aromatic rings. The Labute approximate surface area is 223 Å². The van der Waals surface area contributed by atoms with Gasteiger partial charge in [-0.3, -0.25) is 9.78 Å². The molecule has 3 rings (SSSR count). The maximum absolute atomic E-state index is 13.3. The number of nitrogens with zero attached hydrogens (tertiary/aromatic N) is 1. The molecule has 0 bridgehead atoms. The number of thiophene rings is 1. The quantitative estimate of drug-likeness (QED) is 0.235. The number of benzene rings is 1. The maximum atomic E-state index is 13.3. The Hall–Kier alpha value is -4.19. The lowest BCUT2D eigenvalue weighted by atomic mass is 9.98. The van der Waals surface area contributed by atoms with E-state index < -0.39 is 35.7 Å². The summed E-state index contributed by atoms with van der Waals surface area (Å²) in [5.74, 6) is -2.84. The summed E-state index contributed by atoms with van der Waals surface area (Å²) in [5, 5.41) is 7.11. The van der Waals surface area contributed by atoms with Gasteiger partial charge < -0.3 is 29.6 Å². The Morgan fingerprint density at radius 3 is 2.24 bits per heavy atom. The first-order valence-corrected chi connectivity index (χ1v) is 12.4. The van der Waals surface area contributed by atoms with Crippen LogP contribution in [0.25, 0.3) is 10.1 Å². The number of pyridine rings is 1. The largest absolute Gasteiger partial charge is 0.467 e. The number of carbonyl (C=O) groups is 4. The number of amides is 2. The number of anilines is 1. The molecule has 2 heterocycles. The highest BCUT2D eigenvalue weighted by Crippen LogP contribution is 2.30. The van der Waals surface area contributed by atoms with Crippen molar-refractivity contribution in [3.63, 3.8) is 0 Å². The molecule has 0 aliphatic heterocycles. The minimum absolute atomic E-state index is 0.0552. The molecule has 0 radical (unpaired) electrons. The summed E-state index contributed by atoms with van der Waals surface area (Å²) in [7, 11) is 2.25. The summed E-state index contributed by atoms with van der Waals surface area (Å²) in [6.45, 7) is 5.16. The van der Waals surface area contributed by atoms with Gasteiger partial charge in [-0.2, -0.15) is 0 Å². The van der Waals surface area contributed by atoms with Crippen LogP contribution in [0.1, 0.15) is 32.3 Å². The van der Waals surface area contributed by atoms with E-state index in [1.165, 1.54) is 23.5 Å². The molecule has 0 aliphatic carbocycles. The Balaban J connectivity index is 1.81. The van der Waals surface area contributed by atoms with E-state index in [9.17, 15) is 19.2 Å². The lowest BCUT2D eigenvalue weighted by Crippen LogP contribution is -2.38. The summed E-state index contributed by atoms with van der Waals surface area (Å²) in [5.41, 5.74) is -0.164. The van der Waals surface area contributed by atoms with Gasteiger partial charge in [-0.25, -0.2) is 14.4 Å². The van der Waals surface area contributed by atoms with Crippen LogP contribution >= 0.6 is 11.3 Å². The fourth-order valence-electron chi connectivity index (χ4n) is 3.34. The number of nitrogens with one attached hydrogen (secondary N) is 2. The van der Waals surface area contributed by atoms with E-state index in [1.807, 2.05) is 12.1 Å². The van der Waals surface area contributed by atoms with E-state index >= 15 is 0 Å². The Morgan fingerprint density at radius 2 is 1.66 bits per heavy atom. The second-order valence-corrected chi connectivity index (χ2v) is 10.1. The van der Waals surface area contributed by atoms with Crippen LogP contribution in [0.15, 0.2) is 48.8 Å². The number of aromatic nitrogens is 1. The van der Waals surface area contributed by atoms with Crippen molar-refractivity contribution >= 4 is 50.4 Å². The number of carbonyl (C=O) groups excluding carboxylic acids is 4. The number of hydrogen-bond donors (Lipinski definition) is 2. The third-order valence-corrected chi connectivity index (χ3v) is 6.10. The highest BCUT2D eigenvalue weighted by atomic mass is 32.1. The van der Waals surface area contributed by atoms with Gasteiger partial charge in [0, 0.05) is 18.9 Å². The van der Waals surface area contributed by atoms with Gasteiger partial charge in [0.15, 0.2) is 0 Å². The van der Waals surface area contributed by atoms with Crippen LogP contribution in [0, 0.1) is 0 Å². The third-order valence-electron chi connectivity index (χ3n) is 5.10. The number of methoxy groups -OCH3 is 2. The molecule has 0 spiro atoms. The van der Waals surface area contributed by atoms with Crippen LogP contribution in [-0.4, -0.2) is 61.4 Å². The predicted octanol–water partition coefficient (Wildman–Crippen LogP) is 3.64. The molecule has 1 unspecified atom stereocenters. The molecule has 202 valence electrons. The third kappa shape index (κ3) is 7.65. The number of fused-ring (bicyclic) bond motifs is 1. The zero-order valence-electron chi connectivity index (χ0n) is 21.6. The monoisotopic (exact) mass is 543 g/mol. The Kier molecular flexibility index (Phi) is 9.24. The highest BCUT2D eigenvalue weighted by Gasteiger charge is 2.31. The zero-order chi connectivity index (χ0) is 27.9. The molecule has 11 nitrogen and oxygen atoms in total. The minimum Gasteiger partial charge on any atom is -0.467 e. The second-order valence-electron chi connectivity index (χ2n) is 9.06. The first kappa shape index (κ1) is 28.4. The minimum atomic E-state index is -1.61. The standard InChI is InChI=1S/C26H29N3O8S/c1-26(2,3)37-25(33)28-13-18(22(30)29-20-12-16-10-11-27-14-19(16)38-20)15-6-8-17(9-7-15)36-21(23(31)34-4)24(32)35-5/h6-12,14,18,21H,13H2,1-5H3,(H,28,33)(H,29,30). The van der Waals surface area contributed by atoms with E-state index in [1.54, 1.807) is 45.3 Å². The molecule has 2 amide bonds. The normalized spacial score (nSPS) is 11.9. The van der Waals surface area contributed by atoms with Crippen molar-refractivity contribution in [3.8, 4) is 5.75 Å². The van der Waals surface area contributed by atoms with Gasteiger partial charge >= 0.3 is 18.0 Å². The topological polar surface area (TPSA) is 142 Å². The van der Waals surface area contributed by atoms with Crippen molar-refractivity contribution in [2.24, 2.45) is 0 Å². The van der Waals surface area contributed by atoms with E-state index in [-0.39, 0.29) is 18.2 Å². The van der Waals surface area contributed by atoms with Gasteiger partial charge in [0.2, 0.25) is 5.91 Å². The van der Waals surface area contributed by atoms with E-state index in [4.69, 9.17) is 9.47 Å². The molecule has 0 aliphatic rings. The van der Waals surface area contributed by atoms with Gasteiger partial charge in [-0.1, -0.05) is 12.1 Å². The highest BCUT2D eigenvalue weighted by molar-refractivity contribution is 7.22. The number of ether oxygens (including phenoxy) is 4. The maximum Gasteiger partial charge on any atom is 0.407 e. The molecule has 1 atom stereocenters. The smallest absolute Gasteiger partial charge is 0.407 e. The van der Waals surface area contributed by atoms with Gasteiger partial charge in [0.25, 0.3) is 6.10 Å². The van der Waals surface area contributed by atoms with Crippen molar-refractivity contribution in [2.45, 2.75) is 38.4 Å². The lowest BCUT2D eigenvalue weighted by Gasteiger charge is -2.22. The predicted molar refractivity (Wildman–Crippen MR) is 140 cm³/mol. The zero-order valence-corrected chi connectivity index (χ0v) is 22.4. The van der Waals surface area contributed by atoms with Crippen LogP contribution in [0.3, 0.4) is 0 Å². The summed E-state index contributed by atoms with van der Waals surface area (Å²) >= 11 is 1.38. The number of esters is 2. The first-order valence-electron chi connectivity index (χ1n) is 11.5. The molecule has 0 saturated carbocycles. The number of alkyl carbamates (subject to hydrolysis) is 1. The van der Waals surface area contributed by atoms with Crippen LogP contribution in [-0.2, 0) is 28.6 Å². The van der Waals surface area contributed by atoms with Crippen LogP contribution in [0.5, 0.6) is 5.75 Å². The number of hydrogen-bond acceptors (Lipinski definition) is 10. The van der Waals surface area contributed by atoms with Gasteiger partial charge in [-0.05, 0) is 56.0 Å². The molecular formula is C26H29N3O8S. The summed E-state index contributed by atoms with van der Waals surface area (Å²) in [6, 6.07) is 9.86. The van der Waals surface area contributed by atoms with Crippen LogP contribution in [0.2, 0.25) is 0 Å². The lowest BCUT2D eigenvalue weighted by molar-refractivity contribution is -0.163. The summed E-state index contributed by atoms with van der Waals surface area (Å²) < 4.78 is 20.9. The molecule has 0 fully saturated rings. The summed E-state index contributed by atoms with van der Waals surface area (Å²) in [6.07, 6.45) is 1.11. The fourth-order valence-corrected chi connectivity index (χ4v) is 4.27. The second kappa shape index (κ2) is 12.4. The van der Waals surface area contributed by atoms with Crippen molar-refractivity contribution in [2.75, 3.05) is 26.1 Å². The molecule has 38 heavy (non-hydrogen) atoms. The number of rotatable bonds is 9. The Bertz CT molecular complexity index is 1250. The van der Waals surface area contributed by atoms with Crippen LogP contribution in [0.4, 0.5) is 9.80 Å². The average Bonchev–Trinajstić information content (AvgIpc) is 3.28. The average molecular weight is 544 g/mol. The molecule has 1 aromatic carbocycles. The summed E-state index contributed by atoms with van der Waals surface area (Å²) in [4.78, 5) is 53.5. The van der Waals surface area contributed by atoms with Crippen LogP contribution < -0.4 is 15.4 Å².